The summed E-state index contributed by atoms with van der Waals surface area (Å²) in [6.45, 7) is 0. The van der Waals surface area contributed by atoms with E-state index in [4.69, 9.17) is 36.0 Å². The molecule has 12 heterocycles. The second-order valence-electron chi connectivity index (χ2n) is 30.1. The van der Waals surface area contributed by atoms with Crippen molar-refractivity contribution in [2.24, 2.45) is 0 Å². The number of hydrogen-bond acceptors (Lipinski definition) is 15. The van der Waals surface area contributed by atoms with Crippen molar-refractivity contribution in [3.05, 3.63) is 407 Å². The number of ether oxygens (including phenoxy) is 2. The van der Waals surface area contributed by atoms with Gasteiger partial charge in [-0.2, -0.15) is 142 Å². The number of alkyl halides is 6. The minimum Gasteiger partial charge on any atom is -0.553 e. The molecule has 34 heteroatoms. The minimum absolute atomic E-state index is 0. The molecule has 21 nitrogen and oxygen atoms in total. The maximum absolute atomic E-state index is 13.8. The van der Waals surface area contributed by atoms with Crippen LogP contribution >= 0.6 is 0 Å². The van der Waals surface area contributed by atoms with Crippen LogP contribution in [0.1, 0.15) is 11.1 Å². The Labute approximate surface area is 870 Å². The molecule has 0 saturated heterocycles. The summed E-state index contributed by atoms with van der Waals surface area (Å²) in [4.78, 5) is 2.24. The molecule has 12 aromatic heterocycles. The van der Waals surface area contributed by atoms with Gasteiger partial charge in [0.05, 0.1) is 30.9 Å². The summed E-state index contributed by atoms with van der Waals surface area (Å²) >= 11 is 0. The van der Waals surface area contributed by atoms with Crippen LogP contribution in [-0.2, 0) is 133 Å². The third-order valence-electron chi connectivity index (χ3n) is 22.2. The van der Waals surface area contributed by atoms with Crippen LogP contribution in [0.15, 0.2) is 380 Å². The maximum atomic E-state index is 13.8. The molecule has 0 unspecified atom stereocenters. The zero-order valence-electron chi connectivity index (χ0n) is 72.2. The summed E-state index contributed by atoms with van der Waals surface area (Å²) in [5.74, 6) is 1.19. The van der Waals surface area contributed by atoms with Crippen LogP contribution in [0.3, 0.4) is 0 Å². The van der Waals surface area contributed by atoms with Crippen LogP contribution < -0.4 is 14.4 Å². The van der Waals surface area contributed by atoms with Gasteiger partial charge in [-0.05, 0) is 149 Å². The van der Waals surface area contributed by atoms with Crippen LogP contribution in [0.2, 0.25) is 0 Å². The van der Waals surface area contributed by atoms with Gasteiger partial charge in [0, 0.05) is 272 Å². The van der Waals surface area contributed by atoms with E-state index in [1.54, 1.807) is 148 Å². The number of nitrogens with zero attached hydrogens (tertiary/aromatic N) is 13. The Hall–Kier alpha value is -14.1. The average molecular weight is 2930 g/mol. The fraction of sp³-hybridized carbons (Fsp3) is 0.0377. The zero-order chi connectivity index (χ0) is 91.1. The average Bonchev–Trinajstić information content (AvgIpc) is 1.56. The van der Waals surface area contributed by atoms with E-state index in [0.717, 1.165) is 146 Å². The van der Waals surface area contributed by atoms with E-state index in [0.29, 0.717) is 50.0 Å². The third-order valence-corrected chi connectivity index (χ3v) is 22.2. The smallest absolute Gasteiger partial charge is 0.419 e. The number of para-hydroxylation sites is 6. The van der Waals surface area contributed by atoms with Gasteiger partial charge in [-0.3, -0.25) is 28.1 Å². The number of hydrogen-bond donors (Lipinski definition) is 0. The van der Waals surface area contributed by atoms with Crippen LogP contribution in [0.5, 0.6) is 11.5 Å². The molecule has 0 fully saturated rings. The molecule has 0 aliphatic carbocycles. The number of fused-ring (bicyclic) bond motifs is 18. The number of benzene rings is 14. The number of aromatic nitrogens is 12. The first-order valence-corrected chi connectivity index (χ1v) is 41.6. The molecule has 0 amide bonds. The summed E-state index contributed by atoms with van der Waals surface area (Å²) in [5, 5.41) is 35.3. The van der Waals surface area contributed by atoms with Gasteiger partial charge in [0.25, 0.3) is 0 Å². The number of anilines is 3. The number of furan rings is 6. The Morgan fingerprint density at radius 3 is 1.11 bits per heavy atom. The Bertz CT molecular complexity index is 8660. The Morgan fingerprint density at radius 1 is 0.286 bits per heavy atom. The summed E-state index contributed by atoms with van der Waals surface area (Å²) in [6, 6.07) is 103. The SMILES string of the molecule is COc1c[c-]c(-n2cccn2)c2oc3ccccc3c12.COc1cccc2oc3c(-n4cccn4)[c-]ccc3c12.FC(F)(F)c1ccc2c(c1)oc1c(-n3cccn3)[c-]ccc12.FC(F)(F)c1cccc2c1oc1c(-n3cccn3)[c-]ccc12.Fc1cccc2c1oc1c(-n3cccn3)[c-]ccc12.[Ir].[Ir].[Ir].[Ir].[Ir].[Ir].[c-]1cc(N(c2ccccc2)c2ccccc2)c2c(oc3ccccc32)c1-n1cccn1. The predicted octanol–water partition coefficient (Wildman–Crippen LogP) is 27.1. The summed E-state index contributed by atoms with van der Waals surface area (Å²) < 4.78 is 148. The van der Waals surface area contributed by atoms with Gasteiger partial charge in [-0.15, -0.1) is 12.1 Å². The van der Waals surface area contributed by atoms with E-state index in [1.165, 1.54) is 22.9 Å². The molecule has 26 aromatic rings. The van der Waals surface area contributed by atoms with Crippen molar-refractivity contribution in [3.63, 3.8) is 0 Å². The number of methoxy groups -OCH3 is 2. The molecule has 0 atom stereocenters. The molecule has 710 valence electrons. The zero-order valence-corrected chi connectivity index (χ0v) is 86.6. The van der Waals surface area contributed by atoms with E-state index < -0.39 is 23.5 Å². The summed E-state index contributed by atoms with van der Waals surface area (Å²) in [7, 11) is 3.31. The minimum atomic E-state index is -4.47. The van der Waals surface area contributed by atoms with Crippen molar-refractivity contribution < 1.29 is 187 Å². The van der Waals surface area contributed by atoms with Crippen molar-refractivity contribution in [1.82, 2.24) is 58.7 Å². The van der Waals surface area contributed by atoms with Gasteiger partial charge in [0.2, 0.25) is 0 Å². The van der Waals surface area contributed by atoms with Crippen LogP contribution in [0, 0.1) is 42.2 Å². The molecular weight excluding hydrogens is 2870 g/mol. The van der Waals surface area contributed by atoms with Crippen LogP contribution in [-0.4, -0.2) is 72.9 Å². The first-order valence-electron chi connectivity index (χ1n) is 41.6. The quantitative estimate of drug-likeness (QED) is 0.0871. The van der Waals surface area contributed by atoms with Gasteiger partial charge in [-0.1, -0.05) is 142 Å². The van der Waals surface area contributed by atoms with E-state index in [9.17, 15) is 30.7 Å². The second kappa shape index (κ2) is 43.1. The maximum Gasteiger partial charge on any atom is 0.419 e. The van der Waals surface area contributed by atoms with Crippen LogP contribution in [0.4, 0.5) is 47.8 Å². The predicted molar refractivity (Wildman–Crippen MR) is 496 cm³/mol. The monoisotopic (exact) mass is 2940 g/mol. The van der Waals surface area contributed by atoms with Crippen molar-refractivity contribution in [2.45, 2.75) is 12.4 Å². The van der Waals surface area contributed by atoms with E-state index >= 15 is 0 Å². The van der Waals surface area contributed by atoms with Crippen molar-refractivity contribution in [1.29, 1.82) is 0 Å². The van der Waals surface area contributed by atoms with Gasteiger partial charge < -0.3 is 40.9 Å². The molecule has 6 radical (unpaired) electrons. The first kappa shape index (κ1) is 100. The fourth-order valence-electron chi connectivity index (χ4n) is 16.3. The van der Waals surface area contributed by atoms with Crippen LogP contribution in [0.25, 0.3) is 166 Å². The third kappa shape index (κ3) is 19.4. The fourth-order valence-corrected chi connectivity index (χ4v) is 16.3. The second-order valence-corrected chi connectivity index (χ2v) is 30.1. The largest absolute Gasteiger partial charge is 0.553 e. The van der Waals surface area contributed by atoms with Crippen molar-refractivity contribution >= 4 is 149 Å². The molecule has 0 saturated carbocycles. The summed E-state index contributed by atoms with van der Waals surface area (Å²) in [5.41, 5.74) is 12.1. The molecule has 26 rings (SSSR count). The molecule has 0 spiro atoms. The molecule has 0 bridgehead atoms. The van der Waals surface area contributed by atoms with Gasteiger partial charge >= 0.3 is 12.4 Å². The van der Waals surface area contributed by atoms with E-state index in [-0.39, 0.29) is 143 Å². The van der Waals surface area contributed by atoms with E-state index in [1.807, 2.05) is 152 Å². The van der Waals surface area contributed by atoms with Crippen molar-refractivity contribution in [2.75, 3.05) is 19.1 Å². The number of rotatable bonds is 11. The van der Waals surface area contributed by atoms with E-state index in [2.05, 4.69) is 126 Å². The molecule has 140 heavy (non-hydrogen) atoms. The first-order chi connectivity index (χ1) is 65.6. The molecule has 0 N–H and O–H groups in total. The Morgan fingerprint density at radius 2 is 0.650 bits per heavy atom. The van der Waals surface area contributed by atoms with Crippen molar-refractivity contribution in [3.8, 4) is 45.6 Å². The van der Waals surface area contributed by atoms with Gasteiger partial charge in [0.1, 0.15) is 33.7 Å². The molecular formula is C106H64F7Ir6N13O8-6. The topological polar surface area (TPSA) is 207 Å². The number of halogens is 7. The normalized spacial score (nSPS) is 11.1. The van der Waals surface area contributed by atoms with Gasteiger partial charge in [-0.25, -0.2) is 4.39 Å². The Kier molecular flexibility index (Phi) is 30.9. The molecule has 0 aliphatic rings. The standard InChI is InChI=1S/C27H18N3O.2C16H8F3N2O.2C16H11N2O2.C15H8FN2O.6Ir/c1-3-10-20(11-4-1)30(21-12-5-2-6-13-21)23-16-17-24(29-19-9-18-28-29)27-26(23)22-14-7-8-15-25(22)31-27;17-16(18,19)12-6-1-4-10-11-5-2-7-13(15(11)22-14(10)12)21-9-3-8-20-21;17-16(18,19)10-5-6-11-12-3-1-4-13(21-8-2-7-20-21)15(12)22-14(11)9-10;1-19-13-7-3-8-14-15(13)11-5-2-6-12(16(11)20-14)18-10-4-9-17-18;1-19-14-8-7-12(18-10-4-9-17-18)16-15(14)11-5-2-3-6-13(11)20-16;16-12-6-1-4-10-11-5-2-7-13(15(11)19-14(10)12)18-9-3-8-17-18;;;;;;/h1-16,18-19H;1-6,8-9H;1-3,5-9H;2-5,7-10H,1H3;2-6,8-10H,1H3;1-6,8-9H;;;;;;/q6*-1;;;;;;. The summed E-state index contributed by atoms with van der Waals surface area (Å²) in [6.07, 6.45) is 12.1. The van der Waals surface area contributed by atoms with Gasteiger partial charge in [0.15, 0.2) is 11.4 Å². The molecule has 14 aromatic carbocycles. The Balaban J connectivity index is 0.000000127. The molecule has 0 aliphatic heterocycles.